The maximum absolute atomic E-state index is 13.7. The molecule has 0 saturated heterocycles. The summed E-state index contributed by atoms with van der Waals surface area (Å²) in [6.45, 7) is 1.51. The molecular weight excluding hydrogens is 291 g/mol. The number of rotatable bonds is 7. The maximum Gasteiger partial charge on any atom is 0.272 e. The van der Waals surface area contributed by atoms with E-state index in [1.807, 2.05) is 0 Å². The van der Waals surface area contributed by atoms with E-state index in [-0.39, 0.29) is 13.0 Å². The van der Waals surface area contributed by atoms with Gasteiger partial charge in [0.1, 0.15) is 10.7 Å². The third-order valence-corrected chi connectivity index (χ3v) is 4.26. The standard InChI is InChI=1S/C11H15FN2O5S/c1-2-8(5-6-15)13-20(18,19)11-4-3-9(14(16)17)7-10(11)12/h3-4,7-8,13,15H,2,5-6H2,1H3. The van der Waals surface area contributed by atoms with E-state index >= 15 is 0 Å². The predicted octanol–water partition coefficient (Wildman–Crippen LogP) is 1.17. The number of hydrogen-bond donors (Lipinski definition) is 2. The first-order valence-electron chi connectivity index (χ1n) is 5.89. The van der Waals surface area contributed by atoms with Gasteiger partial charge in [0.25, 0.3) is 5.69 Å². The first-order chi connectivity index (χ1) is 9.31. The zero-order valence-corrected chi connectivity index (χ0v) is 11.6. The van der Waals surface area contributed by atoms with Crippen molar-refractivity contribution in [3.63, 3.8) is 0 Å². The summed E-state index contributed by atoms with van der Waals surface area (Å²) in [5, 5.41) is 19.3. The highest BCUT2D eigenvalue weighted by atomic mass is 32.2. The maximum atomic E-state index is 13.7. The molecule has 7 nitrogen and oxygen atoms in total. The van der Waals surface area contributed by atoms with Crippen LogP contribution in [0.5, 0.6) is 0 Å². The molecule has 1 aromatic carbocycles. The monoisotopic (exact) mass is 306 g/mol. The molecule has 1 atom stereocenters. The number of non-ortho nitro benzene ring substituents is 1. The number of nitro benzene ring substituents is 1. The number of benzene rings is 1. The van der Waals surface area contributed by atoms with Crippen LogP contribution in [0.1, 0.15) is 19.8 Å². The van der Waals surface area contributed by atoms with Gasteiger partial charge in [0.15, 0.2) is 0 Å². The number of sulfonamides is 1. The van der Waals surface area contributed by atoms with Crippen LogP contribution in [0.2, 0.25) is 0 Å². The first kappa shape index (κ1) is 16.5. The van der Waals surface area contributed by atoms with Crippen molar-refractivity contribution < 1.29 is 22.8 Å². The van der Waals surface area contributed by atoms with E-state index in [2.05, 4.69) is 4.72 Å². The molecule has 0 fully saturated rings. The molecular formula is C11H15FN2O5S. The number of nitrogens with one attached hydrogen (secondary N) is 1. The van der Waals surface area contributed by atoms with Crippen LogP contribution in [0.3, 0.4) is 0 Å². The highest BCUT2D eigenvalue weighted by Gasteiger charge is 2.24. The highest BCUT2D eigenvalue weighted by Crippen LogP contribution is 2.21. The van der Waals surface area contributed by atoms with E-state index in [1.165, 1.54) is 0 Å². The van der Waals surface area contributed by atoms with Crippen LogP contribution >= 0.6 is 0 Å². The van der Waals surface area contributed by atoms with Crippen LogP contribution in [-0.2, 0) is 10.0 Å². The molecule has 1 rings (SSSR count). The lowest BCUT2D eigenvalue weighted by Gasteiger charge is -2.16. The SMILES string of the molecule is CCC(CCO)NS(=O)(=O)c1ccc([N+](=O)[O-])cc1F. The summed E-state index contributed by atoms with van der Waals surface area (Å²) in [4.78, 5) is 9.00. The van der Waals surface area contributed by atoms with Crippen LogP contribution in [0, 0.1) is 15.9 Å². The van der Waals surface area contributed by atoms with E-state index in [0.717, 1.165) is 12.1 Å². The van der Waals surface area contributed by atoms with Gasteiger partial charge in [0.2, 0.25) is 10.0 Å². The minimum Gasteiger partial charge on any atom is -0.396 e. The quantitative estimate of drug-likeness (QED) is 0.580. The Kier molecular flexibility index (Phi) is 5.54. The van der Waals surface area contributed by atoms with Gasteiger partial charge < -0.3 is 5.11 Å². The number of aliphatic hydroxyl groups excluding tert-OH is 1. The summed E-state index contributed by atoms with van der Waals surface area (Å²) in [7, 11) is -4.13. The summed E-state index contributed by atoms with van der Waals surface area (Å²) in [5.41, 5.74) is -0.524. The van der Waals surface area contributed by atoms with E-state index < -0.39 is 37.4 Å². The molecule has 112 valence electrons. The highest BCUT2D eigenvalue weighted by molar-refractivity contribution is 7.89. The van der Waals surface area contributed by atoms with Gasteiger partial charge in [0, 0.05) is 18.7 Å². The normalized spacial score (nSPS) is 13.2. The van der Waals surface area contributed by atoms with Crippen molar-refractivity contribution in [2.45, 2.75) is 30.7 Å². The van der Waals surface area contributed by atoms with Crippen molar-refractivity contribution in [2.24, 2.45) is 0 Å². The molecule has 0 aliphatic heterocycles. The molecule has 0 bridgehead atoms. The average Bonchev–Trinajstić information content (AvgIpc) is 2.37. The summed E-state index contributed by atoms with van der Waals surface area (Å²) < 4.78 is 39.9. The Morgan fingerprint density at radius 1 is 1.50 bits per heavy atom. The molecule has 0 aromatic heterocycles. The fourth-order valence-electron chi connectivity index (χ4n) is 1.61. The van der Waals surface area contributed by atoms with E-state index in [1.54, 1.807) is 6.92 Å². The van der Waals surface area contributed by atoms with Gasteiger partial charge in [-0.05, 0) is 18.9 Å². The molecule has 0 heterocycles. The summed E-state index contributed by atoms with van der Waals surface area (Å²) >= 11 is 0. The molecule has 0 saturated carbocycles. The summed E-state index contributed by atoms with van der Waals surface area (Å²) in [6, 6.07) is 1.80. The molecule has 0 aliphatic carbocycles. The van der Waals surface area contributed by atoms with Gasteiger partial charge in [-0.1, -0.05) is 6.92 Å². The molecule has 0 spiro atoms. The Hall–Kier alpha value is -1.58. The van der Waals surface area contributed by atoms with Crippen molar-refractivity contribution in [1.29, 1.82) is 0 Å². The molecule has 2 N–H and O–H groups in total. The van der Waals surface area contributed by atoms with Gasteiger partial charge in [-0.25, -0.2) is 17.5 Å². The third kappa shape index (κ3) is 3.95. The van der Waals surface area contributed by atoms with Gasteiger partial charge in [-0.2, -0.15) is 0 Å². The van der Waals surface area contributed by atoms with Crippen LogP contribution in [0.4, 0.5) is 10.1 Å². The Morgan fingerprint density at radius 2 is 2.15 bits per heavy atom. The number of halogens is 1. The summed E-state index contributed by atoms with van der Waals surface area (Å²) in [6.07, 6.45) is 0.624. The molecule has 20 heavy (non-hydrogen) atoms. The minimum atomic E-state index is -4.13. The predicted molar refractivity (Wildman–Crippen MR) is 69.2 cm³/mol. The van der Waals surface area contributed by atoms with Crippen molar-refractivity contribution in [3.8, 4) is 0 Å². The summed E-state index contributed by atoms with van der Waals surface area (Å²) in [5.74, 6) is -1.19. The Morgan fingerprint density at radius 3 is 2.60 bits per heavy atom. The zero-order chi connectivity index (χ0) is 15.3. The van der Waals surface area contributed by atoms with Crippen molar-refractivity contribution in [3.05, 3.63) is 34.1 Å². The zero-order valence-electron chi connectivity index (χ0n) is 10.7. The van der Waals surface area contributed by atoms with E-state index in [4.69, 9.17) is 5.11 Å². The van der Waals surface area contributed by atoms with Crippen LogP contribution in [0.15, 0.2) is 23.1 Å². The lowest BCUT2D eigenvalue weighted by Crippen LogP contribution is -2.35. The Labute approximate surface area is 115 Å². The van der Waals surface area contributed by atoms with Gasteiger partial charge in [-0.15, -0.1) is 0 Å². The average molecular weight is 306 g/mol. The Balaban J connectivity index is 3.06. The molecule has 0 radical (unpaired) electrons. The van der Waals surface area contributed by atoms with Gasteiger partial charge >= 0.3 is 0 Å². The third-order valence-electron chi connectivity index (χ3n) is 2.71. The number of aliphatic hydroxyl groups is 1. The topological polar surface area (TPSA) is 110 Å². The smallest absolute Gasteiger partial charge is 0.272 e. The Bertz CT molecular complexity index is 590. The van der Waals surface area contributed by atoms with Gasteiger partial charge in [-0.3, -0.25) is 10.1 Å². The fraction of sp³-hybridized carbons (Fsp3) is 0.455. The van der Waals surface area contributed by atoms with Crippen molar-refractivity contribution in [1.82, 2.24) is 4.72 Å². The lowest BCUT2D eigenvalue weighted by atomic mass is 10.2. The fourth-order valence-corrected chi connectivity index (χ4v) is 3.02. The molecule has 1 unspecified atom stereocenters. The second-order valence-electron chi connectivity index (χ2n) is 4.11. The molecule has 9 heteroatoms. The largest absolute Gasteiger partial charge is 0.396 e. The lowest BCUT2D eigenvalue weighted by molar-refractivity contribution is -0.385. The molecule has 0 aliphatic rings. The number of hydrogen-bond acceptors (Lipinski definition) is 5. The molecule has 0 amide bonds. The number of nitro groups is 1. The van der Waals surface area contributed by atoms with Gasteiger partial charge in [0.05, 0.1) is 11.0 Å². The number of nitrogens with zero attached hydrogens (tertiary/aromatic N) is 1. The second kappa shape index (κ2) is 6.73. The molecule has 1 aromatic rings. The first-order valence-corrected chi connectivity index (χ1v) is 7.37. The van der Waals surface area contributed by atoms with E-state index in [0.29, 0.717) is 12.5 Å². The van der Waals surface area contributed by atoms with Crippen LogP contribution < -0.4 is 4.72 Å². The van der Waals surface area contributed by atoms with Crippen LogP contribution in [-0.4, -0.2) is 31.1 Å². The van der Waals surface area contributed by atoms with Crippen molar-refractivity contribution >= 4 is 15.7 Å². The second-order valence-corrected chi connectivity index (χ2v) is 5.79. The van der Waals surface area contributed by atoms with E-state index in [9.17, 15) is 22.9 Å². The minimum absolute atomic E-state index is 0.199. The van der Waals surface area contributed by atoms with Crippen LogP contribution in [0.25, 0.3) is 0 Å². The van der Waals surface area contributed by atoms with Crippen molar-refractivity contribution in [2.75, 3.05) is 6.61 Å².